The van der Waals surface area contributed by atoms with Gasteiger partial charge in [0.2, 0.25) is 0 Å². The van der Waals surface area contributed by atoms with E-state index in [1.54, 1.807) is 6.20 Å². The minimum atomic E-state index is 0.647. The molecule has 3 N–H and O–H groups in total. The third kappa shape index (κ3) is 3.18. The first-order chi connectivity index (χ1) is 11.4. The molecule has 120 valence electrons. The van der Waals surface area contributed by atoms with Crippen molar-refractivity contribution < 1.29 is 0 Å². The van der Waals surface area contributed by atoms with E-state index in [2.05, 4.69) is 20.9 Å². The summed E-state index contributed by atoms with van der Waals surface area (Å²) < 4.78 is 0. The van der Waals surface area contributed by atoms with E-state index >= 15 is 0 Å². The standard InChI is InChI=1S/C17H22N6/c1-3-12(9-18-6-1)16-22-15-11-19-10-14(15)17(23-16)21-8-5-13-4-2-7-20-13/h1,3,6,9,13,19-20H,2,4-5,7-8,10-11H2,(H,21,22,23)/t13-/m1/s1. The van der Waals surface area contributed by atoms with Gasteiger partial charge in [0.15, 0.2) is 5.82 Å². The average Bonchev–Trinajstić information content (AvgIpc) is 3.26. The van der Waals surface area contributed by atoms with E-state index in [9.17, 15) is 0 Å². The van der Waals surface area contributed by atoms with Crippen LogP contribution in [-0.4, -0.2) is 34.1 Å². The minimum Gasteiger partial charge on any atom is -0.370 e. The summed E-state index contributed by atoms with van der Waals surface area (Å²) in [6.07, 6.45) is 7.30. The Labute approximate surface area is 136 Å². The lowest BCUT2D eigenvalue weighted by Gasteiger charge is -2.14. The van der Waals surface area contributed by atoms with Crippen molar-refractivity contribution in [2.45, 2.75) is 38.4 Å². The second-order valence-corrected chi connectivity index (χ2v) is 6.18. The lowest BCUT2D eigenvalue weighted by Crippen LogP contribution is -2.24. The van der Waals surface area contributed by atoms with Crippen molar-refractivity contribution >= 4 is 5.82 Å². The fourth-order valence-corrected chi connectivity index (χ4v) is 3.31. The predicted octanol–water partition coefficient (Wildman–Crippen LogP) is 1.70. The zero-order valence-corrected chi connectivity index (χ0v) is 13.2. The van der Waals surface area contributed by atoms with Crippen LogP contribution in [0.4, 0.5) is 5.82 Å². The molecule has 2 aromatic rings. The summed E-state index contributed by atoms with van der Waals surface area (Å²) in [6.45, 7) is 3.74. The van der Waals surface area contributed by atoms with E-state index in [0.717, 1.165) is 55.5 Å². The highest BCUT2D eigenvalue weighted by atomic mass is 15.1. The Morgan fingerprint density at radius 3 is 3.09 bits per heavy atom. The summed E-state index contributed by atoms with van der Waals surface area (Å²) >= 11 is 0. The van der Waals surface area contributed by atoms with Crippen LogP contribution < -0.4 is 16.0 Å². The smallest absolute Gasteiger partial charge is 0.163 e. The molecule has 1 atom stereocenters. The third-order valence-electron chi connectivity index (χ3n) is 4.55. The van der Waals surface area contributed by atoms with Crippen molar-refractivity contribution in [1.29, 1.82) is 0 Å². The van der Waals surface area contributed by atoms with E-state index in [4.69, 9.17) is 9.97 Å². The highest BCUT2D eigenvalue weighted by Gasteiger charge is 2.20. The van der Waals surface area contributed by atoms with Crippen molar-refractivity contribution in [2.24, 2.45) is 0 Å². The number of aromatic nitrogens is 3. The van der Waals surface area contributed by atoms with Gasteiger partial charge >= 0.3 is 0 Å². The Bertz CT molecular complexity index is 666. The van der Waals surface area contributed by atoms with Crippen LogP contribution in [-0.2, 0) is 13.1 Å². The molecule has 0 aromatic carbocycles. The van der Waals surface area contributed by atoms with E-state index < -0.39 is 0 Å². The van der Waals surface area contributed by atoms with Crippen LogP contribution in [0.25, 0.3) is 11.4 Å². The predicted molar refractivity (Wildman–Crippen MR) is 89.9 cm³/mol. The molecule has 1 fully saturated rings. The van der Waals surface area contributed by atoms with Gasteiger partial charge in [0, 0.05) is 49.2 Å². The molecule has 2 aliphatic heterocycles. The van der Waals surface area contributed by atoms with Gasteiger partial charge < -0.3 is 16.0 Å². The lowest BCUT2D eigenvalue weighted by atomic mass is 10.1. The fraction of sp³-hybridized carbons (Fsp3) is 0.471. The molecule has 2 aliphatic rings. The van der Waals surface area contributed by atoms with Crippen LogP contribution in [0.2, 0.25) is 0 Å². The number of nitrogens with zero attached hydrogens (tertiary/aromatic N) is 3. The summed E-state index contributed by atoms with van der Waals surface area (Å²) in [5.41, 5.74) is 3.26. The van der Waals surface area contributed by atoms with Gasteiger partial charge in [-0.25, -0.2) is 9.97 Å². The van der Waals surface area contributed by atoms with Crippen molar-refractivity contribution in [1.82, 2.24) is 25.6 Å². The maximum absolute atomic E-state index is 4.76. The number of nitrogens with one attached hydrogen (secondary N) is 3. The van der Waals surface area contributed by atoms with Crippen LogP contribution in [0.1, 0.15) is 30.5 Å². The molecule has 0 amide bonds. The third-order valence-corrected chi connectivity index (χ3v) is 4.55. The monoisotopic (exact) mass is 310 g/mol. The second kappa shape index (κ2) is 6.60. The quantitative estimate of drug-likeness (QED) is 0.780. The van der Waals surface area contributed by atoms with Gasteiger partial charge in [0.05, 0.1) is 5.69 Å². The number of hydrogen-bond acceptors (Lipinski definition) is 6. The van der Waals surface area contributed by atoms with Crippen molar-refractivity contribution in [3.63, 3.8) is 0 Å². The number of pyridine rings is 1. The van der Waals surface area contributed by atoms with Crippen LogP contribution in [0.15, 0.2) is 24.5 Å². The Kier molecular flexibility index (Phi) is 4.17. The van der Waals surface area contributed by atoms with Gasteiger partial charge in [-0.15, -0.1) is 0 Å². The highest BCUT2D eigenvalue weighted by molar-refractivity contribution is 5.59. The van der Waals surface area contributed by atoms with E-state index in [-0.39, 0.29) is 0 Å². The van der Waals surface area contributed by atoms with Gasteiger partial charge in [-0.2, -0.15) is 0 Å². The molecule has 4 rings (SSSR count). The molecule has 6 nitrogen and oxygen atoms in total. The normalized spacial score (nSPS) is 19.7. The van der Waals surface area contributed by atoms with E-state index in [0.29, 0.717) is 6.04 Å². The Morgan fingerprint density at radius 1 is 1.26 bits per heavy atom. The molecule has 1 saturated heterocycles. The first-order valence-electron chi connectivity index (χ1n) is 8.38. The number of rotatable bonds is 5. The molecule has 0 spiro atoms. The molecule has 0 radical (unpaired) electrons. The minimum absolute atomic E-state index is 0.647. The number of hydrogen-bond donors (Lipinski definition) is 3. The average molecular weight is 310 g/mol. The molecule has 0 unspecified atom stereocenters. The van der Waals surface area contributed by atoms with Crippen LogP contribution >= 0.6 is 0 Å². The van der Waals surface area contributed by atoms with Crippen molar-refractivity contribution in [2.75, 3.05) is 18.4 Å². The summed E-state index contributed by atoms with van der Waals surface area (Å²) in [5.74, 6) is 1.72. The molecule has 0 saturated carbocycles. The Morgan fingerprint density at radius 2 is 2.26 bits per heavy atom. The maximum atomic E-state index is 4.76. The summed E-state index contributed by atoms with van der Waals surface area (Å²) in [4.78, 5) is 13.6. The molecule has 0 aliphatic carbocycles. The van der Waals surface area contributed by atoms with Gasteiger partial charge in [0.1, 0.15) is 5.82 Å². The fourth-order valence-electron chi connectivity index (χ4n) is 3.31. The molecule has 6 heteroatoms. The molecular formula is C17H22N6. The topological polar surface area (TPSA) is 74.8 Å². The van der Waals surface area contributed by atoms with E-state index in [1.165, 1.54) is 18.4 Å². The number of fused-ring (bicyclic) bond motifs is 1. The van der Waals surface area contributed by atoms with Crippen LogP contribution in [0.3, 0.4) is 0 Å². The maximum Gasteiger partial charge on any atom is 0.163 e. The SMILES string of the molecule is c1cncc(-c2nc3c(c(NCC[C@H]4CCCN4)n2)CNC3)c1. The zero-order chi connectivity index (χ0) is 15.5. The molecule has 0 bridgehead atoms. The van der Waals surface area contributed by atoms with Gasteiger partial charge in [-0.1, -0.05) is 0 Å². The van der Waals surface area contributed by atoms with Gasteiger partial charge in [-0.05, 0) is 37.9 Å². The Hall–Kier alpha value is -2.05. The van der Waals surface area contributed by atoms with Gasteiger partial charge in [-0.3, -0.25) is 4.98 Å². The Balaban J connectivity index is 1.54. The van der Waals surface area contributed by atoms with Crippen LogP contribution in [0, 0.1) is 0 Å². The van der Waals surface area contributed by atoms with Crippen molar-refractivity contribution in [3.05, 3.63) is 35.8 Å². The molecule has 2 aromatic heterocycles. The molecular weight excluding hydrogens is 288 g/mol. The van der Waals surface area contributed by atoms with E-state index in [1.807, 2.05) is 18.3 Å². The largest absolute Gasteiger partial charge is 0.370 e. The van der Waals surface area contributed by atoms with Crippen LogP contribution in [0.5, 0.6) is 0 Å². The molecule has 23 heavy (non-hydrogen) atoms. The lowest BCUT2D eigenvalue weighted by molar-refractivity contribution is 0.574. The summed E-state index contributed by atoms with van der Waals surface area (Å²) in [7, 11) is 0. The number of anilines is 1. The first kappa shape index (κ1) is 14.5. The first-order valence-corrected chi connectivity index (χ1v) is 8.38. The van der Waals surface area contributed by atoms with Crippen molar-refractivity contribution in [3.8, 4) is 11.4 Å². The summed E-state index contributed by atoms with van der Waals surface area (Å²) in [6, 6.07) is 4.57. The second-order valence-electron chi connectivity index (χ2n) is 6.18. The highest BCUT2D eigenvalue weighted by Crippen LogP contribution is 2.25. The van der Waals surface area contributed by atoms with Gasteiger partial charge in [0.25, 0.3) is 0 Å². The molecule has 4 heterocycles. The summed E-state index contributed by atoms with van der Waals surface area (Å²) in [5, 5.41) is 10.4. The zero-order valence-electron chi connectivity index (χ0n) is 13.2.